The number of aromatic nitrogens is 4. The monoisotopic (exact) mass is 415 g/mol. The molecule has 4 N–H and O–H groups in total. The summed E-state index contributed by atoms with van der Waals surface area (Å²) < 4.78 is 38.0. The quantitative estimate of drug-likeness (QED) is 0.443. The minimum atomic E-state index is -3.86. The van der Waals surface area contributed by atoms with Crippen LogP contribution in [0.1, 0.15) is 27.2 Å². The van der Waals surface area contributed by atoms with Crippen LogP contribution in [0.2, 0.25) is 0 Å². The number of aliphatic hydroxyl groups excluding tert-OH is 2. The first kappa shape index (κ1) is 20.5. The first-order valence-electron chi connectivity index (χ1n) is 8.05. The number of carbonyl (C=O) groups is 2. The molecule has 0 aliphatic carbocycles. The highest BCUT2D eigenvalue weighted by atomic mass is 19.3. The van der Waals surface area contributed by atoms with E-state index in [4.69, 9.17) is 9.84 Å². The van der Waals surface area contributed by atoms with Gasteiger partial charge in [0.25, 0.3) is 5.91 Å². The van der Waals surface area contributed by atoms with Crippen LogP contribution in [0.5, 0.6) is 0 Å². The second kappa shape index (κ2) is 7.65. The average molecular weight is 415 g/mol. The molecule has 14 heteroatoms. The molecule has 0 radical (unpaired) electrons. The van der Waals surface area contributed by atoms with Gasteiger partial charge in [-0.1, -0.05) is 0 Å². The van der Waals surface area contributed by atoms with Crippen molar-refractivity contribution in [1.29, 1.82) is 0 Å². The summed E-state index contributed by atoms with van der Waals surface area (Å²) in [7, 11) is 1.13. The van der Waals surface area contributed by atoms with Gasteiger partial charge in [-0.2, -0.15) is 18.9 Å². The zero-order valence-corrected chi connectivity index (χ0v) is 14.7. The first-order valence-corrected chi connectivity index (χ1v) is 8.05. The summed E-state index contributed by atoms with van der Waals surface area (Å²) in [5, 5.41) is 26.6. The van der Waals surface area contributed by atoms with Crippen molar-refractivity contribution in [2.45, 2.75) is 24.4 Å². The number of methoxy groups -OCH3 is 1. The highest BCUT2D eigenvalue weighted by Crippen LogP contribution is 2.41. The van der Waals surface area contributed by atoms with E-state index >= 15 is 0 Å². The molecule has 1 aliphatic rings. The number of H-pyrrole nitrogens is 1. The van der Waals surface area contributed by atoms with Gasteiger partial charge < -0.3 is 25.0 Å². The Kier molecular flexibility index (Phi) is 5.41. The van der Waals surface area contributed by atoms with Gasteiger partial charge in [0.05, 0.1) is 13.7 Å². The minimum Gasteiger partial charge on any atom is -0.464 e. The number of aromatic amines is 1. The third-order valence-electron chi connectivity index (χ3n) is 4.10. The van der Waals surface area contributed by atoms with Crippen LogP contribution in [0.25, 0.3) is 0 Å². The maximum absolute atomic E-state index is 14.1. The largest absolute Gasteiger partial charge is 0.464 e. The highest BCUT2D eigenvalue weighted by Gasteiger charge is 2.59. The first-order chi connectivity index (χ1) is 13.7. The standard InChI is InChI=1S/C15H15F2N5O7/c1-28-12(26)7-4-6(20-21-7)11(25)18-9-2-3-22(14(27)19-9)13-15(16,17)10(24)8(5-23)29-13/h2-4,8,10,13,23-24H,5H2,1H3,(H,20,21)(H,18,19,25,27)/t8-,10-,13-/m1/s1. The molecule has 1 aliphatic heterocycles. The molecule has 1 fully saturated rings. The number of ether oxygens (including phenoxy) is 2. The number of nitrogens with zero attached hydrogens (tertiary/aromatic N) is 3. The van der Waals surface area contributed by atoms with E-state index < -0.39 is 48.5 Å². The van der Waals surface area contributed by atoms with Crippen LogP contribution in [0.15, 0.2) is 23.1 Å². The van der Waals surface area contributed by atoms with E-state index in [1.807, 2.05) is 0 Å². The van der Waals surface area contributed by atoms with Gasteiger partial charge in [0.2, 0.25) is 6.23 Å². The lowest BCUT2D eigenvalue weighted by Gasteiger charge is -2.21. The lowest BCUT2D eigenvalue weighted by atomic mass is 10.1. The summed E-state index contributed by atoms with van der Waals surface area (Å²) in [6.07, 6.45) is -5.18. The van der Waals surface area contributed by atoms with Crippen molar-refractivity contribution < 1.29 is 38.1 Å². The van der Waals surface area contributed by atoms with Gasteiger partial charge in [0.15, 0.2) is 11.8 Å². The van der Waals surface area contributed by atoms with Gasteiger partial charge in [0.1, 0.15) is 17.6 Å². The summed E-state index contributed by atoms with van der Waals surface area (Å²) in [6.45, 7) is -0.874. The van der Waals surface area contributed by atoms with Crippen molar-refractivity contribution in [3.8, 4) is 0 Å². The van der Waals surface area contributed by atoms with Gasteiger partial charge in [-0.25, -0.2) is 9.59 Å². The molecular weight excluding hydrogens is 400 g/mol. The van der Waals surface area contributed by atoms with Gasteiger partial charge in [-0.15, -0.1) is 0 Å². The van der Waals surface area contributed by atoms with E-state index in [2.05, 4.69) is 25.2 Å². The van der Waals surface area contributed by atoms with E-state index in [1.165, 1.54) is 0 Å². The maximum Gasteiger partial charge on any atom is 0.358 e. The number of amides is 1. The molecule has 2 aromatic heterocycles. The van der Waals surface area contributed by atoms with Gasteiger partial charge in [-0.05, 0) is 6.07 Å². The molecule has 3 heterocycles. The van der Waals surface area contributed by atoms with Crippen LogP contribution in [0.3, 0.4) is 0 Å². The van der Waals surface area contributed by atoms with Crippen LogP contribution in [0.4, 0.5) is 14.6 Å². The number of halogens is 2. The molecule has 0 unspecified atom stereocenters. The molecule has 0 saturated carbocycles. The summed E-state index contributed by atoms with van der Waals surface area (Å²) in [5.41, 5.74) is -1.49. The Morgan fingerprint density at radius 1 is 1.48 bits per heavy atom. The van der Waals surface area contributed by atoms with Crippen LogP contribution < -0.4 is 11.0 Å². The van der Waals surface area contributed by atoms with E-state index in [0.717, 1.165) is 25.4 Å². The number of aliphatic hydroxyl groups is 2. The summed E-state index contributed by atoms with van der Waals surface area (Å²) in [6, 6.07) is 2.15. The molecule has 0 aromatic carbocycles. The number of anilines is 1. The summed E-state index contributed by atoms with van der Waals surface area (Å²) in [4.78, 5) is 39.1. The Labute approximate surface area is 160 Å². The molecule has 1 saturated heterocycles. The Morgan fingerprint density at radius 2 is 2.21 bits per heavy atom. The van der Waals surface area contributed by atoms with Crippen LogP contribution >= 0.6 is 0 Å². The number of carbonyl (C=O) groups excluding carboxylic acids is 2. The van der Waals surface area contributed by atoms with Crippen LogP contribution in [0, 0.1) is 0 Å². The molecule has 3 atom stereocenters. The molecule has 29 heavy (non-hydrogen) atoms. The second-order valence-corrected chi connectivity index (χ2v) is 5.94. The smallest absolute Gasteiger partial charge is 0.358 e. The Balaban J connectivity index is 1.78. The third kappa shape index (κ3) is 3.72. The lowest BCUT2D eigenvalue weighted by molar-refractivity contribution is -0.140. The number of alkyl halides is 2. The fourth-order valence-corrected chi connectivity index (χ4v) is 2.61. The van der Waals surface area contributed by atoms with Crippen molar-refractivity contribution in [3.05, 3.63) is 40.2 Å². The van der Waals surface area contributed by atoms with Gasteiger partial charge in [0, 0.05) is 12.3 Å². The molecular formula is C15H15F2N5O7. The predicted molar refractivity (Wildman–Crippen MR) is 88.3 cm³/mol. The average Bonchev–Trinajstić information content (AvgIpc) is 3.26. The Hall–Kier alpha value is -3.23. The van der Waals surface area contributed by atoms with Crippen molar-refractivity contribution in [1.82, 2.24) is 19.7 Å². The number of rotatable bonds is 5. The zero-order valence-electron chi connectivity index (χ0n) is 14.7. The lowest BCUT2D eigenvalue weighted by Crippen LogP contribution is -2.41. The van der Waals surface area contributed by atoms with Gasteiger partial charge in [-0.3, -0.25) is 14.5 Å². The molecule has 3 rings (SSSR count). The van der Waals surface area contributed by atoms with Crippen molar-refractivity contribution in [2.24, 2.45) is 0 Å². The number of hydrogen-bond donors (Lipinski definition) is 4. The van der Waals surface area contributed by atoms with Gasteiger partial charge >= 0.3 is 17.6 Å². The third-order valence-corrected chi connectivity index (χ3v) is 4.10. The SMILES string of the molecule is COC(=O)c1cc(C(=O)Nc2ccn([C@@H]3O[C@H](CO)[C@@H](O)C3(F)F)c(=O)n2)[nH]n1. The van der Waals surface area contributed by atoms with E-state index in [9.17, 15) is 28.3 Å². The predicted octanol–water partition coefficient (Wildman–Crippen LogP) is -1.11. The summed E-state index contributed by atoms with van der Waals surface area (Å²) >= 11 is 0. The Bertz CT molecular complexity index is 991. The molecule has 2 aromatic rings. The number of esters is 1. The molecule has 1 amide bonds. The normalized spacial score (nSPS) is 23.0. The van der Waals surface area contributed by atoms with Crippen LogP contribution in [-0.2, 0) is 9.47 Å². The highest BCUT2D eigenvalue weighted by molar-refractivity contribution is 6.03. The summed E-state index contributed by atoms with van der Waals surface area (Å²) in [5.74, 6) is -5.72. The molecule has 0 spiro atoms. The van der Waals surface area contributed by atoms with E-state index in [-0.39, 0.29) is 17.2 Å². The second-order valence-electron chi connectivity index (χ2n) is 5.94. The topological polar surface area (TPSA) is 169 Å². The Morgan fingerprint density at radius 3 is 2.79 bits per heavy atom. The number of nitrogens with one attached hydrogen (secondary N) is 2. The maximum atomic E-state index is 14.1. The zero-order chi connectivity index (χ0) is 21.3. The van der Waals surface area contributed by atoms with E-state index in [0.29, 0.717) is 4.57 Å². The fraction of sp³-hybridized carbons (Fsp3) is 0.400. The molecule has 0 bridgehead atoms. The van der Waals surface area contributed by atoms with Crippen molar-refractivity contribution >= 4 is 17.7 Å². The van der Waals surface area contributed by atoms with Crippen molar-refractivity contribution in [2.75, 3.05) is 19.0 Å². The fourth-order valence-electron chi connectivity index (χ4n) is 2.61. The van der Waals surface area contributed by atoms with Crippen molar-refractivity contribution in [3.63, 3.8) is 0 Å². The van der Waals surface area contributed by atoms with E-state index in [1.54, 1.807) is 0 Å². The molecule has 156 valence electrons. The number of hydrogen-bond acceptors (Lipinski definition) is 9. The minimum absolute atomic E-state index is 0.143. The molecule has 12 nitrogen and oxygen atoms in total. The van der Waals surface area contributed by atoms with Crippen LogP contribution in [-0.4, -0.2) is 73.7 Å².